The van der Waals surface area contributed by atoms with Crippen molar-refractivity contribution in [3.63, 3.8) is 0 Å². The first-order valence-corrected chi connectivity index (χ1v) is 4.41. The molecule has 1 aromatic heterocycles. The Balaban J connectivity index is 2.77. The van der Waals surface area contributed by atoms with E-state index in [9.17, 15) is 10.1 Å². The van der Waals surface area contributed by atoms with Gasteiger partial charge in [0, 0.05) is 24.7 Å². The number of benzene rings is 1. The second-order valence-electron chi connectivity index (χ2n) is 3.27. The lowest BCUT2D eigenvalue weighted by Gasteiger charge is -2.02. The van der Waals surface area contributed by atoms with Gasteiger partial charge in [-0.05, 0) is 12.1 Å². The first kappa shape index (κ1) is 9.51. The molecule has 78 valence electrons. The number of fused-ring (bicyclic) bond motifs is 1. The van der Waals surface area contributed by atoms with Gasteiger partial charge in [0.1, 0.15) is 0 Å². The highest BCUT2D eigenvalue weighted by molar-refractivity contribution is 5.85. The number of methoxy groups -OCH3 is 1. The minimum atomic E-state index is -0.439. The van der Waals surface area contributed by atoms with Crippen molar-refractivity contribution in [2.45, 2.75) is 0 Å². The van der Waals surface area contributed by atoms with Crippen molar-refractivity contribution < 1.29 is 9.66 Å². The number of nitrogens with zero attached hydrogens (tertiary/aromatic N) is 2. The lowest BCUT2D eigenvalue weighted by atomic mass is 10.2. The molecule has 1 heterocycles. The quantitative estimate of drug-likeness (QED) is 0.558. The molecule has 0 aliphatic rings. The molecule has 0 atom stereocenters. The molecule has 0 saturated heterocycles. The van der Waals surface area contributed by atoms with Crippen LogP contribution in [0.4, 0.5) is 5.69 Å². The zero-order chi connectivity index (χ0) is 11.0. The molecule has 0 N–H and O–H groups in total. The lowest BCUT2D eigenvalue weighted by molar-refractivity contribution is -0.385. The van der Waals surface area contributed by atoms with Crippen molar-refractivity contribution in [2.75, 3.05) is 7.11 Å². The van der Waals surface area contributed by atoms with E-state index in [-0.39, 0.29) is 5.69 Å². The predicted octanol–water partition coefficient (Wildman–Crippen LogP) is 2.10. The van der Waals surface area contributed by atoms with Crippen molar-refractivity contribution in [3.05, 3.63) is 34.5 Å². The molecule has 2 aromatic rings. The fourth-order valence-electron chi connectivity index (χ4n) is 1.59. The standard InChI is InChI=1S/C10H10N2O3/c1-11-4-3-7-5-10(15-2)9(12(13)14)6-8(7)11/h3-6H,1-2H3. The number of rotatable bonds is 2. The average Bonchev–Trinajstić information content (AvgIpc) is 2.58. The van der Waals surface area contributed by atoms with Gasteiger partial charge in [-0.1, -0.05) is 0 Å². The Morgan fingerprint density at radius 2 is 2.20 bits per heavy atom. The van der Waals surface area contributed by atoms with Crippen LogP contribution < -0.4 is 4.74 Å². The Labute approximate surface area is 86.0 Å². The lowest BCUT2D eigenvalue weighted by Crippen LogP contribution is -1.94. The zero-order valence-electron chi connectivity index (χ0n) is 8.43. The van der Waals surface area contributed by atoms with E-state index in [1.54, 1.807) is 6.07 Å². The van der Waals surface area contributed by atoms with Crippen molar-refractivity contribution >= 4 is 16.6 Å². The van der Waals surface area contributed by atoms with Gasteiger partial charge >= 0.3 is 5.69 Å². The highest BCUT2D eigenvalue weighted by Crippen LogP contribution is 2.31. The Hall–Kier alpha value is -2.04. The molecule has 5 heteroatoms. The minimum absolute atomic E-state index is 0.00759. The third-order valence-electron chi connectivity index (χ3n) is 2.38. The summed E-state index contributed by atoms with van der Waals surface area (Å²) in [7, 11) is 3.27. The average molecular weight is 206 g/mol. The summed E-state index contributed by atoms with van der Waals surface area (Å²) in [6, 6.07) is 5.09. The molecule has 0 saturated carbocycles. The van der Waals surface area contributed by atoms with Gasteiger partial charge in [0.15, 0.2) is 5.75 Å². The summed E-state index contributed by atoms with van der Waals surface area (Å²) in [5.74, 6) is 0.290. The topological polar surface area (TPSA) is 57.3 Å². The highest BCUT2D eigenvalue weighted by Gasteiger charge is 2.16. The number of hydrogen-bond acceptors (Lipinski definition) is 3. The number of hydrogen-bond donors (Lipinski definition) is 0. The molecule has 0 unspecified atom stereocenters. The van der Waals surface area contributed by atoms with Gasteiger partial charge in [-0.3, -0.25) is 10.1 Å². The molecule has 0 radical (unpaired) electrons. The summed E-state index contributed by atoms with van der Waals surface area (Å²) in [5, 5.41) is 11.7. The van der Waals surface area contributed by atoms with Crippen LogP contribution in [0, 0.1) is 10.1 Å². The van der Waals surface area contributed by atoms with Crippen LogP contribution in [0.5, 0.6) is 5.75 Å². The molecule has 0 amide bonds. The fourth-order valence-corrected chi connectivity index (χ4v) is 1.59. The smallest absolute Gasteiger partial charge is 0.313 e. The summed E-state index contributed by atoms with van der Waals surface area (Å²) in [4.78, 5) is 10.3. The van der Waals surface area contributed by atoms with Crippen molar-refractivity contribution in [2.24, 2.45) is 7.05 Å². The molecular weight excluding hydrogens is 196 g/mol. The van der Waals surface area contributed by atoms with E-state index >= 15 is 0 Å². The van der Waals surface area contributed by atoms with Gasteiger partial charge in [-0.25, -0.2) is 0 Å². The summed E-state index contributed by atoms with van der Waals surface area (Å²) in [6.45, 7) is 0. The number of aromatic nitrogens is 1. The summed E-state index contributed by atoms with van der Waals surface area (Å²) >= 11 is 0. The second-order valence-corrected chi connectivity index (χ2v) is 3.27. The summed E-state index contributed by atoms with van der Waals surface area (Å²) in [5.41, 5.74) is 0.814. The number of aryl methyl sites for hydroxylation is 1. The van der Waals surface area contributed by atoms with Gasteiger partial charge in [-0.2, -0.15) is 0 Å². The SMILES string of the molecule is COc1cc2ccn(C)c2cc1[N+](=O)[O-]. The van der Waals surface area contributed by atoms with Crippen LogP contribution in [0.1, 0.15) is 0 Å². The van der Waals surface area contributed by atoms with Crippen molar-refractivity contribution in [1.29, 1.82) is 0 Å². The maximum Gasteiger partial charge on any atom is 0.313 e. The molecule has 0 bridgehead atoms. The summed E-state index contributed by atoms with van der Waals surface area (Å²) in [6.07, 6.45) is 1.85. The van der Waals surface area contributed by atoms with Crippen LogP contribution in [0.25, 0.3) is 10.9 Å². The van der Waals surface area contributed by atoms with Crippen molar-refractivity contribution in [1.82, 2.24) is 4.57 Å². The molecule has 0 spiro atoms. The largest absolute Gasteiger partial charge is 0.490 e. The Morgan fingerprint density at radius 1 is 1.47 bits per heavy atom. The molecule has 0 aliphatic heterocycles. The molecule has 0 fully saturated rings. The maximum atomic E-state index is 10.8. The molecular formula is C10H10N2O3. The van der Waals surface area contributed by atoms with E-state index in [1.807, 2.05) is 23.9 Å². The number of nitro benzene ring substituents is 1. The van der Waals surface area contributed by atoms with E-state index in [0.29, 0.717) is 5.75 Å². The van der Waals surface area contributed by atoms with Crippen LogP contribution in [0.2, 0.25) is 0 Å². The van der Waals surface area contributed by atoms with Gasteiger partial charge in [0.05, 0.1) is 17.5 Å². The van der Waals surface area contributed by atoms with E-state index < -0.39 is 4.92 Å². The minimum Gasteiger partial charge on any atom is -0.490 e. The Morgan fingerprint density at radius 3 is 2.80 bits per heavy atom. The summed E-state index contributed by atoms with van der Waals surface area (Å²) < 4.78 is 6.81. The molecule has 0 aliphatic carbocycles. The van der Waals surface area contributed by atoms with Crippen LogP contribution in [0.3, 0.4) is 0 Å². The first-order chi connectivity index (χ1) is 7.13. The second kappa shape index (κ2) is 3.27. The van der Waals surface area contributed by atoms with E-state index in [4.69, 9.17) is 4.74 Å². The molecule has 1 aromatic carbocycles. The number of ether oxygens (including phenoxy) is 1. The third-order valence-corrected chi connectivity index (χ3v) is 2.38. The van der Waals surface area contributed by atoms with Gasteiger partial charge in [-0.15, -0.1) is 0 Å². The highest BCUT2D eigenvalue weighted by atomic mass is 16.6. The van der Waals surface area contributed by atoms with Crippen molar-refractivity contribution in [3.8, 4) is 5.75 Å². The number of nitro groups is 1. The fraction of sp³-hybridized carbons (Fsp3) is 0.200. The van der Waals surface area contributed by atoms with E-state index in [0.717, 1.165) is 10.9 Å². The Kier molecular flexibility index (Phi) is 2.07. The van der Waals surface area contributed by atoms with E-state index in [2.05, 4.69) is 0 Å². The van der Waals surface area contributed by atoms with E-state index in [1.165, 1.54) is 13.2 Å². The van der Waals surface area contributed by atoms with Crippen LogP contribution in [0.15, 0.2) is 24.4 Å². The van der Waals surface area contributed by atoms with Gasteiger partial charge in [0.25, 0.3) is 0 Å². The Bertz CT molecular complexity index is 531. The van der Waals surface area contributed by atoms with Crippen LogP contribution in [-0.4, -0.2) is 16.6 Å². The molecule has 15 heavy (non-hydrogen) atoms. The van der Waals surface area contributed by atoms with Gasteiger partial charge < -0.3 is 9.30 Å². The zero-order valence-corrected chi connectivity index (χ0v) is 8.43. The monoisotopic (exact) mass is 206 g/mol. The third kappa shape index (κ3) is 1.41. The first-order valence-electron chi connectivity index (χ1n) is 4.41. The van der Waals surface area contributed by atoms with Crippen LogP contribution in [-0.2, 0) is 7.05 Å². The normalized spacial score (nSPS) is 10.5. The molecule has 5 nitrogen and oxygen atoms in total. The predicted molar refractivity (Wildman–Crippen MR) is 56.1 cm³/mol. The van der Waals surface area contributed by atoms with Gasteiger partial charge in [0.2, 0.25) is 0 Å². The van der Waals surface area contributed by atoms with Crippen LogP contribution >= 0.6 is 0 Å². The maximum absolute atomic E-state index is 10.8. The molecule has 2 rings (SSSR count).